The minimum Gasteiger partial charge on any atom is -0.478 e. The Kier molecular flexibility index (Phi) is 5.37. The van der Waals surface area contributed by atoms with Crippen molar-refractivity contribution < 1.29 is 15.0 Å². The van der Waals surface area contributed by atoms with E-state index in [0.29, 0.717) is 16.5 Å². The van der Waals surface area contributed by atoms with E-state index in [1.54, 1.807) is 13.8 Å². The van der Waals surface area contributed by atoms with Gasteiger partial charge in [-0.15, -0.1) is 11.8 Å². The summed E-state index contributed by atoms with van der Waals surface area (Å²) < 4.78 is 0. The predicted octanol–water partition coefficient (Wildman–Crippen LogP) is 1.66. The Labute approximate surface area is 104 Å². The molecule has 0 unspecified atom stereocenters. The van der Waals surface area contributed by atoms with Gasteiger partial charge in [-0.25, -0.2) is 14.8 Å². The van der Waals surface area contributed by atoms with Gasteiger partial charge in [0.1, 0.15) is 16.4 Å². The van der Waals surface area contributed by atoms with E-state index >= 15 is 0 Å². The van der Waals surface area contributed by atoms with Gasteiger partial charge in [0.2, 0.25) is 0 Å². The molecule has 0 aromatic carbocycles. The van der Waals surface area contributed by atoms with Gasteiger partial charge in [-0.2, -0.15) is 0 Å². The maximum absolute atomic E-state index is 11.1. The lowest BCUT2D eigenvalue weighted by molar-refractivity contribution is 0.0690. The van der Waals surface area contributed by atoms with Crippen molar-refractivity contribution in [2.75, 3.05) is 12.4 Å². The fourth-order valence-electron chi connectivity index (χ4n) is 1.41. The van der Waals surface area contributed by atoms with Crippen molar-refractivity contribution in [2.45, 2.75) is 31.7 Å². The third-order valence-corrected chi connectivity index (χ3v) is 3.24. The molecule has 0 bridgehead atoms. The number of aliphatic hydroxyl groups is 1. The van der Waals surface area contributed by atoms with E-state index in [0.717, 1.165) is 18.6 Å². The number of nitrogens with zero attached hydrogens (tertiary/aromatic N) is 2. The van der Waals surface area contributed by atoms with Crippen LogP contribution < -0.4 is 0 Å². The number of carbonyl (C=O) groups is 1. The molecule has 0 amide bonds. The van der Waals surface area contributed by atoms with E-state index in [-0.39, 0.29) is 12.2 Å². The topological polar surface area (TPSA) is 83.3 Å². The highest BCUT2D eigenvalue weighted by atomic mass is 32.2. The quantitative estimate of drug-likeness (QED) is 0.457. The van der Waals surface area contributed by atoms with Gasteiger partial charge in [0.05, 0.1) is 5.69 Å². The number of hydrogen-bond donors (Lipinski definition) is 2. The molecule has 1 heterocycles. The summed E-state index contributed by atoms with van der Waals surface area (Å²) in [5, 5.41) is 18.3. The van der Waals surface area contributed by atoms with E-state index in [1.807, 2.05) is 0 Å². The second kappa shape index (κ2) is 6.56. The van der Waals surface area contributed by atoms with E-state index < -0.39 is 5.97 Å². The molecule has 0 aliphatic carbocycles. The normalized spacial score (nSPS) is 10.5. The molecular weight excluding hydrogens is 240 g/mol. The van der Waals surface area contributed by atoms with Gasteiger partial charge < -0.3 is 10.2 Å². The lowest BCUT2D eigenvalue weighted by Gasteiger charge is -2.08. The number of thioether (sulfide) groups is 1. The summed E-state index contributed by atoms with van der Waals surface area (Å²) in [6.45, 7) is 3.58. The molecule has 5 nitrogen and oxygen atoms in total. The molecule has 0 atom stereocenters. The largest absolute Gasteiger partial charge is 0.478 e. The molecule has 1 rings (SSSR count). The van der Waals surface area contributed by atoms with Crippen molar-refractivity contribution in [3.8, 4) is 0 Å². The van der Waals surface area contributed by atoms with Gasteiger partial charge in [0.15, 0.2) is 0 Å². The molecule has 0 spiro atoms. The van der Waals surface area contributed by atoms with Crippen LogP contribution in [0.25, 0.3) is 0 Å². The molecular formula is C11H16N2O3S. The Balaban J connectivity index is 2.85. The minimum absolute atomic E-state index is 0.161. The predicted molar refractivity (Wildman–Crippen MR) is 65.5 cm³/mol. The zero-order chi connectivity index (χ0) is 12.8. The summed E-state index contributed by atoms with van der Waals surface area (Å²) >= 11 is 1.40. The van der Waals surface area contributed by atoms with E-state index in [2.05, 4.69) is 9.97 Å². The molecule has 1 aromatic rings. The van der Waals surface area contributed by atoms with Crippen LogP contribution in [0, 0.1) is 13.8 Å². The van der Waals surface area contributed by atoms with E-state index in [1.165, 1.54) is 11.8 Å². The van der Waals surface area contributed by atoms with Crippen molar-refractivity contribution in [1.82, 2.24) is 9.97 Å². The van der Waals surface area contributed by atoms with Crippen molar-refractivity contribution in [3.63, 3.8) is 0 Å². The number of carboxylic acids is 1. The smallest absolute Gasteiger partial charge is 0.340 e. The van der Waals surface area contributed by atoms with Crippen LogP contribution in [0.3, 0.4) is 0 Å². The van der Waals surface area contributed by atoms with Crippen molar-refractivity contribution in [1.29, 1.82) is 0 Å². The maximum Gasteiger partial charge on any atom is 0.340 e. The molecule has 17 heavy (non-hydrogen) atoms. The fraction of sp³-hybridized carbons (Fsp3) is 0.545. The van der Waals surface area contributed by atoms with Crippen molar-refractivity contribution >= 4 is 17.7 Å². The SMILES string of the molecule is Cc1nc(C)c(C(=O)O)c(SCCCCO)n1. The summed E-state index contributed by atoms with van der Waals surface area (Å²) in [7, 11) is 0. The van der Waals surface area contributed by atoms with Gasteiger partial charge in [-0.3, -0.25) is 0 Å². The zero-order valence-corrected chi connectivity index (χ0v) is 10.8. The number of carboxylic acid groups (broad SMARTS) is 1. The summed E-state index contributed by atoms with van der Waals surface area (Å²) in [4.78, 5) is 19.3. The molecule has 0 saturated carbocycles. The third kappa shape index (κ3) is 3.98. The molecule has 1 aromatic heterocycles. The van der Waals surface area contributed by atoms with Crippen LogP contribution in [0.4, 0.5) is 0 Å². The molecule has 2 N–H and O–H groups in total. The number of rotatable bonds is 6. The lowest BCUT2D eigenvalue weighted by atomic mass is 10.2. The van der Waals surface area contributed by atoms with Gasteiger partial charge in [-0.05, 0) is 32.4 Å². The van der Waals surface area contributed by atoms with Crippen LogP contribution in [0.2, 0.25) is 0 Å². The standard InChI is InChI=1S/C11H16N2O3S/c1-7-9(11(15)16)10(13-8(2)12-7)17-6-4-3-5-14/h14H,3-6H2,1-2H3,(H,15,16). The number of hydrogen-bond acceptors (Lipinski definition) is 5. The van der Waals surface area contributed by atoms with E-state index in [4.69, 9.17) is 10.2 Å². The monoisotopic (exact) mass is 256 g/mol. The Hall–Kier alpha value is -1.14. The van der Waals surface area contributed by atoms with Crippen LogP contribution in [-0.2, 0) is 0 Å². The van der Waals surface area contributed by atoms with Crippen LogP contribution in [-0.4, -0.2) is 38.5 Å². The fourth-order valence-corrected chi connectivity index (χ4v) is 2.53. The van der Waals surface area contributed by atoms with E-state index in [9.17, 15) is 4.79 Å². The molecule has 6 heteroatoms. The third-order valence-electron chi connectivity index (χ3n) is 2.17. The van der Waals surface area contributed by atoms with Crippen LogP contribution >= 0.6 is 11.8 Å². The summed E-state index contributed by atoms with van der Waals surface area (Å²) in [6, 6.07) is 0. The van der Waals surface area contributed by atoms with Gasteiger partial charge in [-0.1, -0.05) is 0 Å². The molecule has 0 saturated heterocycles. The summed E-state index contributed by atoms with van der Waals surface area (Å²) in [5.74, 6) is 0.334. The first-order valence-electron chi connectivity index (χ1n) is 5.38. The van der Waals surface area contributed by atoms with Crippen molar-refractivity contribution in [3.05, 3.63) is 17.1 Å². The van der Waals surface area contributed by atoms with Gasteiger partial charge >= 0.3 is 5.97 Å². The average Bonchev–Trinajstić information content (AvgIpc) is 2.22. The van der Waals surface area contributed by atoms with Gasteiger partial charge in [0, 0.05) is 6.61 Å². The Morgan fingerprint density at radius 1 is 1.29 bits per heavy atom. The first kappa shape index (κ1) is 13.9. The van der Waals surface area contributed by atoms with Crippen LogP contribution in [0.1, 0.15) is 34.7 Å². The summed E-state index contributed by atoms with van der Waals surface area (Å²) in [5.41, 5.74) is 0.680. The van der Waals surface area contributed by atoms with Crippen LogP contribution in [0.15, 0.2) is 5.03 Å². The molecule has 0 radical (unpaired) electrons. The van der Waals surface area contributed by atoms with Crippen molar-refractivity contribution in [2.24, 2.45) is 0 Å². The highest BCUT2D eigenvalue weighted by Gasteiger charge is 2.16. The Morgan fingerprint density at radius 2 is 2.00 bits per heavy atom. The molecule has 0 aliphatic heterocycles. The highest BCUT2D eigenvalue weighted by Crippen LogP contribution is 2.23. The number of aromatic carboxylic acids is 1. The second-order valence-electron chi connectivity index (χ2n) is 3.62. The number of aryl methyl sites for hydroxylation is 2. The minimum atomic E-state index is -0.993. The Bertz CT molecular complexity index is 410. The number of aromatic nitrogens is 2. The molecule has 94 valence electrons. The number of aliphatic hydroxyl groups excluding tert-OH is 1. The highest BCUT2D eigenvalue weighted by molar-refractivity contribution is 7.99. The molecule has 0 aliphatic rings. The summed E-state index contributed by atoms with van der Waals surface area (Å²) in [6.07, 6.45) is 1.56. The first-order valence-corrected chi connectivity index (χ1v) is 6.37. The van der Waals surface area contributed by atoms with Gasteiger partial charge in [0.25, 0.3) is 0 Å². The Morgan fingerprint density at radius 3 is 2.59 bits per heavy atom. The second-order valence-corrected chi connectivity index (χ2v) is 4.70. The number of unbranched alkanes of at least 4 members (excludes halogenated alkanes) is 1. The molecule has 0 fully saturated rings. The lowest BCUT2D eigenvalue weighted by Crippen LogP contribution is -2.08. The van der Waals surface area contributed by atoms with Crippen LogP contribution in [0.5, 0.6) is 0 Å². The average molecular weight is 256 g/mol. The zero-order valence-electron chi connectivity index (χ0n) is 9.93. The maximum atomic E-state index is 11.1. The first-order chi connectivity index (χ1) is 8.06.